The molecule has 0 fully saturated rings. The highest BCUT2D eigenvalue weighted by Crippen LogP contribution is 2.25. The normalized spacial score (nSPS) is 12.2. The van der Waals surface area contributed by atoms with Gasteiger partial charge >= 0.3 is 0 Å². The van der Waals surface area contributed by atoms with E-state index in [1.165, 1.54) is 20.9 Å². The number of pyridine rings is 1. The lowest BCUT2D eigenvalue weighted by Crippen LogP contribution is -1.93. The second-order valence-electron chi connectivity index (χ2n) is 3.44. The number of benzene rings is 1. The summed E-state index contributed by atoms with van der Waals surface area (Å²) in [5.41, 5.74) is 1.51. The standard InChI is InChI=1S/C11H5Cl2N3S2/c12-8-5-4-6-2-1-3-7(9(6)15-8)14-11-10(13)16-18-17-11/h1-5H. The second kappa shape index (κ2) is 4.93. The highest BCUT2D eigenvalue weighted by molar-refractivity contribution is 7.66. The quantitative estimate of drug-likeness (QED) is 0.496. The summed E-state index contributed by atoms with van der Waals surface area (Å²) in [6, 6.07) is 9.45. The molecule has 0 aliphatic rings. The van der Waals surface area contributed by atoms with E-state index in [-0.39, 0.29) is 0 Å². The fourth-order valence-electron chi connectivity index (χ4n) is 1.53. The Morgan fingerprint density at radius 2 is 2.00 bits per heavy atom. The second-order valence-corrected chi connectivity index (χ2v) is 6.02. The van der Waals surface area contributed by atoms with E-state index in [1.807, 2.05) is 24.3 Å². The summed E-state index contributed by atoms with van der Waals surface area (Å²) >= 11 is 11.9. The van der Waals surface area contributed by atoms with E-state index < -0.39 is 0 Å². The Kier molecular flexibility index (Phi) is 3.30. The van der Waals surface area contributed by atoms with Gasteiger partial charge in [0, 0.05) is 15.9 Å². The summed E-state index contributed by atoms with van der Waals surface area (Å²) in [4.78, 5) is 8.79. The molecule has 0 aliphatic heterocycles. The maximum atomic E-state index is 5.94. The zero-order valence-corrected chi connectivity index (χ0v) is 11.9. The van der Waals surface area contributed by atoms with Crippen molar-refractivity contribution in [2.75, 3.05) is 0 Å². The summed E-state index contributed by atoms with van der Waals surface area (Å²) in [5, 5.41) is 1.86. The fourth-order valence-corrected chi connectivity index (χ4v) is 3.66. The van der Waals surface area contributed by atoms with Gasteiger partial charge in [-0.1, -0.05) is 35.3 Å². The van der Waals surface area contributed by atoms with Gasteiger partial charge in [-0.15, -0.1) is 0 Å². The first-order valence-electron chi connectivity index (χ1n) is 4.95. The van der Waals surface area contributed by atoms with E-state index in [4.69, 9.17) is 23.2 Å². The summed E-state index contributed by atoms with van der Waals surface area (Å²) < 4.78 is 4.69. The fraction of sp³-hybridized carbons (Fsp3) is 0. The van der Waals surface area contributed by atoms with Crippen LogP contribution >= 0.6 is 44.1 Å². The number of hydrogen-bond acceptors (Lipinski definition) is 5. The predicted molar refractivity (Wildman–Crippen MR) is 77.0 cm³/mol. The van der Waals surface area contributed by atoms with Crippen LogP contribution < -0.4 is 4.67 Å². The molecule has 0 spiro atoms. The first-order valence-corrected chi connectivity index (χ1v) is 7.82. The molecule has 2 heterocycles. The highest BCUT2D eigenvalue weighted by atomic mass is 35.5. The molecule has 0 unspecified atom stereocenters. The Hall–Kier alpha value is -1.01. The maximum Gasteiger partial charge on any atom is 0.179 e. The van der Waals surface area contributed by atoms with Crippen LogP contribution in [-0.2, 0) is 0 Å². The third kappa shape index (κ3) is 2.27. The van der Waals surface area contributed by atoms with Crippen molar-refractivity contribution in [1.82, 2.24) is 9.36 Å². The number of halogens is 2. The van der Waals surface area contributed by atoms with E-state index >= 15 is 0 Å². The molecular formula is C11H5Cl2N3S2. The molecule has 3 nitrogen and oxygen atoms in total. The first kappa shape index (κ1) is 12.0. The van der Waals surface area contributed by atoms with Crippen molar-refractivity contribution in [3.05, 3.63) is 45.3 Å². The third-order valence-electron chi connectivity index (χ3n) is 2.30. The van der Waals surface area contributed by atoms with Crippen LogP contribution in [0.4, 0.5) is 5.69 Å². The van der Waals surface area contributed by atoms with Gasteiger partial charge in [-0.25, -0.2) is 9.98 Å². The Balaban J connectivity index is 2.30. The molecule has 0 bridgehead atoms. The lowest BCUT2D eigenvalue weighted by Gasteiger charge is -2.00. The van der Waals surface area contributed by atoms with Crippen LogP contribution in [0, 0.1) is 0 Å². The predicted octanol–water partition coefficient (Wildman–Crippen LogP) is 4.29. The average molecular weight is 314 g/mol. The van der Waals surface area contributed by atoms with Crippen molar-refractivity contribution in [3.8, 4) is 0 Å². The SMILES string of the molecule is Clc1ccc2cccc(N=c3ssnc3Cl)c2n1. The Labute approximate surface area is 120 Å². The maximum absolute atomic E-state index is 5.94. The van der Waals surface area contributed by atoms with Crippen molar-refractivity contribution in [2.24, 2.45) is 4.99 Å². The van der Waals surface area contributed by atoms with Crippen molar-refractivity contribution in [2.45, 2.75) is 0 Å². The molecule has 0 amide bonds. The number of rotatable bonds is 1. The summed E-state index contributed by atoms with van der Waals surface area (Å²) in [7, 11) is 2.74. The lowest BCUT2D eigenvalue weighted by molar-refractivity contribution is 1.35. The van der Waals surface area contributed by atoms with Gasteiger partial charge in [-0.3, -0.25) is 0 Å². The van der Waals surface area contributed by atoms with Gasteiger partial charge in [0.1, 0.15) is 5.15 Å². The van der Waals surface area contributed by atoms with Crippen LogP contribution in [0.1, 0.15) is 0 Å². The van der Waals surface area contributed by atoms with E-state index in [1.54, 1.807) is 6.07 Å². The van der Waals surface area contributed by atoms with Gasteiger partial charge in [0.05, 0.1) is 11.2 Å². The number of hydrogen-bond donors (Lipinski definition) is 0. The Morgan fingerprint density at radius 1 is 1.11 bits per heavy atom. The van der Waals surface area contributed by atoms with Crippen molar-refractivity contribution in [1.29, 1.82) is 0 Å². The van der Waals surface area contributed by atoms with E-state index in [9.17, 15) is 0 Å². The van der Waals surface area contributed by atoms with E-state index in [0.717, 1.165) is 16.6 Å². The summed E-state index contributed by atoms with van der Waals surface area (Å²) in [6.45, 7) is 0. The molecule has 3 rings (SSSR count). The van der Waals surface area contributed by atoms with Crippen molar-refractivity contribution >= 4 is 60.7 Å². The molecule has 0 N–H and O–H groups in total. The average Bonchev–Trinajstić information content (AvgIpc) is 2.76. The van der Waals surface area contributed by atoms with E-state index in [2.05, 4.69) is 14.3 Å². The van der Waals surface area contributed by atoms with Crippen LogP contribution in [0.2, 0.25) is 10.3 Å². The van der Waals surface area contributed by atoms with Gasteiger partial charge in [0.2, 0.25) is 0 Å². The van der Waals surface area contributed by atoms with Crippen LogP contribution in [-0.4, -0.2) is 9.36 Å². The smallest absolute Gasteiger partial charge is 0.179 e. The van der Waals surface area contributed by atoms with E-state index in [0.29, 0.717) is 15.0 Å². The number of para-hydroxylation sites is 1. The zero-order chi connectivity index (χ0) is 12.5. The van der Waals surface area contributed by atoms with Crippen LogP contribution in [0.25, 0.3) is 10.9 Å². The molecule has 7 heteroatoms. The summed E-state index contributed by atoms with van der Waals surface area (Å²) in [6.07, 6.45) is 0. The number of nitrogens with zero attached hydrogens (tertiary/aromatic N) is 3. The molecule has 0 atom stereocenters. The number of fused-ring (bicyclic) bond motifs is 1. The zero-order valence-electron chi connectivity index (χ0n) is 8.80. The van der Waals surface area contributed by atoms with Gasteiger partial charge in [-0.05, 0) is 28.5 Å². The molecule has 0 radical (unpaired) electrons. The monoisotopic (exact) mass is 313 g/mol. The molecule has 0 saturated heterocycles. The molecular weight excluding hydrogens is 309 g/mol. The highest BCUT2D eigenvalue weighted by Gasteiger charge is 2.04. The number of aromatic nitrogens is 2. The van der Waals surface area contributed by atoms with Gasteiger partial charge in [-0.2, -0.15) is 4.37 Å². The van der Waals surface area contributed by atoms with Crippen LogP contribution in [0.3, 0.4) is 0 Å². The Morgan fingerprint density at radius 3 is 2.78 bits per heavy atom. The first-order chi connectivity index (χ1) is 8.74. The molecule has 90 valence electrons. The minimum absolute atomic E-state index is 0.420. The topological polar surface area (TPSA) is 38.1 Å². The molecule has 2 aromatic heterocycles. The van der Waals surface area contributed by atoms with Gasteiger partial charge < -0.3 is 0 Å². The lowest BCUT2D eigenvalue weighted by atomic mass is 10.2. The minimum atomic E-state index is 0.420. The molecule has 0 saturated carbocycles. The molecule has 18 heavy (non-hydrogen) atoms. The Bertz CT molecular complexity index is 779. The largest absolute Gasteiger partial charge is 0.234 e. The molecule has 0 aliphatic carbocycles. The minimum Gasteiger partial charge on any atom is -0.234 e. The van der Waals surface area contributed by atoms with Crippen LogP contribution in [0.15, 0.2) is 35.3 Å². The van der Waals surface area contributed by atoms with Crippen molar-refractivity contribution in [3.63, 3.8) is 0 Å². The molecule has 1 aromatic carbocycles. The van der Waals surface area contributed by atoms with Crippen LogP contribution in [0.5, 0.6) is 0 Å². The van der Waals surface area contributed by atoms with Gasteiger partial charge in [0.15, 0.2) is 9.82 Å². The van der Waals surface area contributed by atoms with Gasteiger partial charge in [0.25, 0.3) is 0 Å². The molecule has 3 aromatic rings. The van der Waals surface area contributed by atoms with Crippen molar-refractivity contribution < 1.29 is 0 Å². The summed E-state index contributed by atoms with van der Waals surface area (Å²) in [5.74, 6) is 0. The third-order valence-corrected chi connectivity index (χ3v) is 4.68.